The van der Waals surface area contributed by atoms with E-state index in [2.05, 4.69) is 5.32 Å². The van der Waals surface area contributed by atoms with Gasteiger partial charge in [-0.05, 0) is 39.5 Å². The molecule has 2 N–H and O–H groups in total. The summed E-state index contributed by atoms with van der Waals surface area (Å²) in [5.74, 6) is -0.974. The second-order valence-corrected chi connectivity index (χ2v) is 4.78. The number of urea groups is 1. The van der Waals surface area contributed by atoms with E-state index in [-0.39, 0.29) is 18.1 Å². The van der Waals surface area contributed by atoms with E-state index < -0.39 is 12.0 Å². The quantitative estimate of drug-likeness (QED) is 0.793. The Hall–Kier alpha value is -1.26. The molecule has 0 aromatic rings. The standard InChI is InChI=1S/C12H22N2O3/c1-4-10(11(15)16)13-12(17)14-8(2)6-5-7-9(14)3/h8-10H,4-7H2,1-3H3,(H,13,17)(H,15,16). The highest BCUT2D eigenvalue weighted by atomic mass is 16.4. The number of carboxylic acid groups (broad SMARTS) is 1. The molecule has 1 fully saturated rings. The predicted octanol–water partition coefficient (Wildman–Crippen LogP) is 1.82. The van der Waals surface area contributed by atoms with Gasteiger partial charge in [-0.2, -0.15) is 0 Å². The molecule has 1 aliphatic rings. The van der Waals surface area contributed by atoms with Crippen molar-refractivity contribution >= 4 is 12.0 Å². The molecule has 1 saturated heterocycles. The van der Waals surface area contributed by atoms with Gasteiger partial charge >= 0.3 is 12.0 Å². The van der Waals surface area contributed by atoms with Gasteiger partial charge in [0, 0.05) is 12.1 Å². The summed E-state index contributed by atoms with van der Waals surface area (Å²) in [7, 11) is 0. The number of hydrogen-bond donors (Lipinski definition) is 2. The number of nitrogens with zero attached hydrogens (tertiary/aromatic N) is 1. The van der Waals surface area contributed by atoms with E-state index in [4.69, 9.17) is 5.11 Å². The Morgan fingerprint density at radius 2 is 1.88 bits per heavy atom. The third kappa shape index (κ3) is 3.35. The monoisotopic (exact) mass is 242 g/mol. The molecule has 1 aliphatic heterocycles. The highest BCUT2D eigenvalue weighted by Crippen LogP contribution is 2.22. The number of carboxylic acids is 1. The van der Waals surface area contributed by atoms with E-state index in [1.165, 1.54) is 0 Å². The van der Waals surface area contributed by atoms with Gasteiger partial charge in [0.15, 0.2) is 0 Å². The third-order valence-corrected chi connectivity index (χ3v) is 3.43. The molecule has 1 rings (SSSR count). The van der Waals surface area contributed by atoms with Crippen LogP contribution in [0.25, 0.3) is 0 Å². The van der Waals surface area contributed by atoms with E-state index in [1.54, 1.807) is 11.8 Å². The Labute approximate surface area is 102 Å². The van der Waals surface area contributed by atoms with Crippen LogP contribution in [0.2, 0.25) is 0 Å². The molecule has 0 radical (unpaired) electrons. The maximum absolute atomic E-state index is 12.0. The van der Waals surface area contributed by atoms with Crippen LogP contribution in [0.4, 0.5) is 4.79 Å². The van der Waals surface area contributed by atoms with E-state index in [9.17, 15) is 9.59 Å². The van der Waals surface area contributed by atoms with E-state index in [0.717, 1.165) is 19.3 Å². The molecule has 0 saturated carbocycles. The van der Waals surface area contributed by atoms with Crippen LogP contribution in [0.5, 0.6) is 0 Å². The minimum absolute atomic E-state index is 0.185. The molecule has 5 heteroatoms. The lowest BCUT2D eigenvalue weighted by molar-refractivity contribution is -0.139. The zero-order valence-corrected chi connectivity index (χ0v) is 10.8. The summed E-state index contributed by atoms with van der Waals surface area (Å²) >= 11 is 0. The van der Waals surface area contributed by atoms with Crippen LogP contribution in [-0.2, 0) is 4.79 Å². The summed E-state index contributed by atoms with van der Waals surface area (Å²) in [5, 5.41) is 11.5. The van der Waals surface area contributed by atoms with Crippen molar-refractivity contribution in [1.82, 2.24) is 10.2 Å². The zero-order valence-electron chi connectivity index (χ0n) is 10.8. The summed E-state index contributed by atoms with van der Waals surface area (Å²) < 4.78 is 0. The lowest BCUT2D eigenvalue weighted by Gasteiger charge is -2.39. The molecule has 3 unspecified atom stereocenters. The number of amides is 2. The molecule has 0 bridgehead atoms. The molecular weight excluding hydrogens is 220 g/mol. The summed E-state index contributed by atoms with van der Waals surface area (Å²) in [6.07, 6.45) is 3.50. The molecule has 0 aliphatic carbocycles. The first kappa shape index (κ1) is 13.8. The highest BCUT2D eigenvalue weighted by Gasteiger charge is 2.30. The first-order chi connectivity index (χ1) is 7.97. The highest BCUT2D eigenvalue weighted by molar-refractivity contribution is 5.82. The summed E-state index contributed by atoms with van der Waals surface area (Å²) in [6.45, 7) is 5.77. The smallest absolute Gasteiger partial charge is 0.326 e. The van der Waals surface area contributed by atoms with Crippen molar-refractivity contribution in [3.05, 3.63) is 0 Å². The minimum atomic E-state index is -0.974. The Morgan fingerprint density at radius 1 is 1.35 bits per heavy atom. The molecule has 2 amide bonds. The largest absolute Gasteiger partial charge is 0.480 e. The van der Waals surface area contributed by atoms with Crippen LogP contribution in [0.1, 0.15) is 46.5 Å². The number of carbonyl (C=O) groups excluding carboxylic acids is 1. The van der Waals surface area contributed by atoms with Crippen molar-refractivity contribution < 1.29 is 14.7 Å². The number of aliphatic carboxylic acids is 1. The number of nitrogens with one attached hydrogen (secondary N) is 1. The average Bonchev–Trinajstić information content (AvgIpc) is 2.25. The van der Waals surface area contributed by atoms with Gasteiger partial charge in [0.1, 0.15) is 6.04 Å². The fourth-order valence-corrected chi connectivity index (χ4v) is 2.38. The first-order valence-corrected chi connectivity index (χ1v) is 6.29. The molecule has 0 aromatic carbocycles. The molecule has 1 heterocycles. The number of likely N-dealkylation sites (tertiary alicyclic amines) is 1. The Kier molecular flexibility index (Phi) is 4.78. The third-order valence-electron chi connectivity index (χ3n) is 3.43. The van der Waals surface area contributed by atoms with Crippen LogP contribution in [0.15, 0.2) is 0 Å². The van der Waals surface area contributed by atoms with Crippen molar-refractivity contribution in [2.24, 2.45) is 0 Å². The second-order valence-electron chi connectivity index (χ2n) is 4.78. The first-order valence-electron chi connectivity index (χ1n) is 6.29. The van der Waals surface area contributed by atoms with Gasteiger partial charge in [-0.15, -0.1) is 0 Å². The maximum atomic E-state index is 12.0. The SMILES string of the molecule is CCC(NC(=O)N1C(C)CCCC1C)C(=O)O. The molecule has 0 aromatic heterocycles. The minimum Gasteiger partial charge on any atom is -0.480 e. The Balaban J connectivity index is 2.64. The van der Waals surface area contributed by atoms with Crippen molar-refractivity contribution in [2.75, 3.05) is 0 Å². The zero-order chi connectivity index (χ0) is 13.0. The number of carbonyl (C=O) groups is 2. The lowest BCUT2D eigenvalue weighted by Crippen LogP contribution is -2.55. The summed E-state index contributed by atoms with van der Waals surface area (Å²) in [5.41, 5.74) is 0. The number of rotatable bonds is 3. The summed E-state index contributed by atoms with van der Waals surface area (Å²) in [6, 6.07) is -0.669. The van der Waals surface area contributed by atoms with E-state index in [1.807, 2.05) is 13.8 Å². The van der Waals surface area contributed by atoms with Gasteiger partial charge in [-0.25, -0.2) is 9.59 Å². The molecule has 17 heavy (non-hydrogen) atoms. The van der Waals surface area contributed by atoms with Crippen LogP contribution in [0, 0.1) is 0 Å². The fourth-order valence-electron chi connectivity index (χ4n) is 2.38. The van der Waals surface area contributed by atoms with Gasteiger partial charge in [-0.1, -0.05) is 6.92 Å². The van der Waals surface area contributed by atoms with Gasteiger partial charge in [0.2, 0.25) is 0 Å². The van der Waals surface area contributed by atoms with Gasteiger partial charge in [0.05, 0.1) is 0 Å². The topological polar surface area (TPSA) is 69.6 Å². The van der Waals surface area contributed by atoms with Crippen LogP contribution in [0.3, 0.4) is 0 Å². The maximum Gasteiger partial charge on any atom is 0.326 e. The normalized spacial score (nSPS) is 26.4. The summed E-state index contributed by atoms with van der Waals surface area (Å²) in [4.78, 5) is 24.7. The van der Waals surface area contributed by atoms with Crippen LogP contribution in [-0.4, -0.2) is 40.1 Å². The molecule has 0 spiro atoms. The number of hydrogen-bond acceptors (Lipinski definition) is 2. The van der Waals surface area contributed by atoms with Crippen molar-refractivity contribution in [3.8, 4) is 0 Å². The average molecular weight is 242 g/mol. The number of piperidine rings is 1. The predicted molar refractivity (Wildman–Crippen MR) is 64.9 cm³/mol. The Bertz CT molecular complexity index is 283. The second kappa shape index (κ2) is 5.89. The van der Waals surface area contributed by atoms with Crippen molar-refractivity contribution in [1.29, 1.82) is 0 Å². The fraction of sp³-hybridized carbons (Fsp3) is 0.833. The van der Waals surface area contributed by atoms with Crippen LogP contribution >= 0.6 is 0 Å². The molecule has 3 atom stereocenters. The molecule has 98 valence electrons. The van der Waals surface area contributed by atoms with Gasteiger partial charge in [-0.3, -0.25) is 0 Å². The molecular formula is C12H22N2O3. The van der Waals surface area contributed by atoms with Crippen molar-refractivity contribution in [3.63, 3.8) is 0 Å². The van der Waals surface area contributed by atoms with Gasteiger partial charge < -0.3 is 15.3 Å². The molecule has 5 nitrogen and oxygen atoms in total. The van der Waals surface area contributed by atoms with Crippen LogP contribution < -0.4 is 5.32 Å². The Morgan fingerprint density at radius 3 is 2.29 bits per heavy atom. The van der Waals surface area contributed by atoms with Gasteiger partial charge in [0.25, 0.3) is 0 Å². The lowest BCUT2D eigenvalue weighted by atomic mass is 9.98. The van der Waals surface area contributed by atoms with E-state index in [0.29, 0.717) is 6.42 Å². The van der Waals surface area contributed by atoms with E-state index >= 15 is 0 Å². The van der Waals surface area contributed by atoms with Crippen molar-refractivity contribution in [2.45, 2.75) is 64.6 Å².